The molecule has 60 heavy (non-hydrogen) atoms. The number of rotatable bonds is 3. The Balaban J connectivity index is 0.000000241. The highest BCUT2D eigenvalue weighted by molar-refractivity contribution is 4.96. The first kappa shape index (κ1) is 56.1. The summed E-state index contributed by atoms with van der Waals surface area (Å²) in [6.45, 7) is 45.1. The van der Waals surface area contributed by atoms with Gasteiger partial charge < -0.3 is 0 Å². The van der Waals surface area contributed by atoms with Gasteiger partial charge in [0.2, 0.25) is 0 Å². The van der Waals surface area contributed by atoms with E-state index in [-0.39, 0.29) is 0 Å². The lowest BCUT2D eigenvalue weighted by Crippen LogP contribution is -2.26. The second-order valence-corrected chi connectivity index (χ2v) is 27.3. The van der Waals surface area contributed by atoms with Gasteiger partial charge >= 0.3 is 0 Å². The van der Waals surface area contributed by atoms with E-state index < -0.39 is 0 Å². The molecular weight excluding hydrogens is 721 g/mol. The summed E-state index contributed by atoms with van der Waals surface area (Å²) in [5.41, 5.74) is 2.66. The van der Waals surface area contributed by atoms with Crippen LogP contribution in [0.15, 0.2) is 0 Å². The van der Waals surface area contributed by atoms with Crippen LogP contribution in [0.2, 0.25) is 0 Å². The molecule has 7 atom stereocenters. The Morgan fingerprint density at radius 1 is 0.517 bits per heavy atom. The lowest BCUT2D eigenvalue weighted by molar-refractivity contribution is 0.141. The van der Waals surface area contributed by atoms with E-state index in [0.29, 0.717) is 16.2 Å². The maximum absolute atomic E-state index is 2.48. The largest absolute Gasteiger partial charge is 0.0651 e. The van der Waals surface area contributed by atoms with Crippen LogP contribution in [0.4, 0.5) is 0 Å². The quantitative estimate of drug-likeness (QED) is 0.266. The van der Waals surface area contributed by atoms with Crippen molar-refractivity contribution in [1.29, 1.82) is 0 Å². The zero-order chi connectivity index (χ0) is 45.5. The van der Waals surface area contributed by atoms with Crippen LogP contribution in [0.1, 0.15) is 286 Å². The molecule has 0 N–H and O–H groups in total. The third kappa shape index (κ3) is 20.0. The minimum Gasteiger partial charge on any atom is -0.0651 e. The highest BCUT2D eigenvalue weighted by Crippen LogP contribution is 2.57. The van der Waals surface area contributed by atoms with Crippen molar-refractivity contribution in [3.05, 3.63) is 0 Å². The van der Waals surface area contributed by atoms with Gasteiger partial charge in [0.05, 0.1) is 0 Å². The van der Waals surface area contributed by atoms with Crippen molar-refractivity contribution < 1.29 is 0 Å². The summed E-state index contributed by atoms with van der Waals surface area (Å²) in [5.74, 6) is 13.2. The summed E-state index contributed by atoms with van der Waals surface area (Å²) in [6, 6.07) is 0. The van der Waals surface area contributed by atoms with Crippen molar-refractivity contribution in [2.75, 3.05) is 0 Å². The van der Waals surface area contributed by atoms with Gasteiger partial charge in [-0.3, -0.25) is 0 Å². The first-order valence-corrected chi connectivity index (χ1v) is 27.8. The molecule has 5 unspecified atom stereocenters. The fourth-order valence-corrected chi connectivity index (χ4v) is 12.0. The van der Waals surface area contributed by atoms with E-state index in [1.807, 2.05) is 0 Å². The molecule has 0 nitrogen and oxygen atoms in total. The lowest BCUT2D eigenvalue weighted by atomic mass is 9.69. The second kappa shape index (κ2) is 26.2. The molecule has 0 aromatic rings. The van der Waals surface area contributed by atoms with Gasteiger partial charge in [0, 0.05) is 0 Å². The highest BCUT2D eigenvalue weighted by atomic mass is 14.5. The molecule has 8 fully saturated rings. The fourth-order valence-electron chi connectivity index (χ4n) is 12.0. The normalized spacial score (nSPS) is 36.0. The molecule has 0 aromatic heterocycles. The first-order chi connectivity index (χ1) is 27.8. The summed E-state index contributed by atoms with van der Waals surface area (Å²) in [5, 5.41) is 0. The summed E-state index contributed by atoms with van der Waals surface area (Å²) in [6.07, 6.45) is 35.4. The Morgan fingerprint density at radius 3 is 1.27 bits per heavy atom. The number of hydrogen-bond donors (Lipinski definition) is 0. The lowest BCUT2D eigenvalue weighted by Gasteiger charge is -2.37. The minimum absolute atomic E-state index is 0.595. The van der Waals surface area contributed by atoms with Crippen LogP contribution in [0.25, 0.3) is 0 Å². The van der Waals surface area contributed by atoms with Crippen LogP contribution in [0.3, 0.4) is 0 Å². The molecule has 8 saturated carbocycles. The Kier molecular flexibility index (Phi) is 24.5. The summed E-state index contributed by atoms with van der Waals surface area (Å²) >= 11 is 0. The second-order valence-electron chi connectivity index (χ2n) is 27.3. The van der Waals surface area contributed by atoms with Gasteiger partial charge in [-0.15, -0.1) is 0 Å². The third-order valence-electron chi connectivity index (χ3n) is 19.8. The fraction of sp³-hybridized carbons (Fsp3) is 1.00. The van der Waals surface area contributed by atoms with E-state index in [2.05, 4.69) is 132 Å². The number of hydrogen-bond acceptors (Lipinski definition) is 0. The minimum atomic E-state index is 0.595. The predicted octanol–water partition coefficient (Wildman–Crippen LogP) is 20.7. The van der Waals surface area contributed by atoms with Crippen molar-refractivity contribution in [2.24, 2.45) is 98.6 Å². The van der Waals surface area contributed by atoms with Crippen molar-refractivity contribution >= 4 is 0 Å². The van der Waals surface area contributed by atoms with Gasteiger partial charge in [0.1, 0.15) is 0 Å². The molecular formula is C60H118. The standard InChI is InChI=1S/C9H16.3C9H18.3C8H16/c1-7-5-8-3-4-9(7,2)6-8;1-8-4-6-9(2,3)7-5-8;1-8-6-4-5-7-9(8,2)3;1-7-5-4-6-8(2)9(7)3;1-6(2)8-4-7(3)5-8;1-8(2,3)7-5-4-6-7;1-3-7(2)8-5-4-6-8/h7-8H,3-6H2,1-2H3;2*8H,4-7H2,1-3H3;7-9H,4-6H2,1-3H3;6-8H,4-5H2,1-3H3;7H,4-6H2,1-3H3;7-8H,3-6H2,1-2H3/t7-,8?,9?;;8-;;;;/m0.1..../s1. The van der Waals surface area contributed by atoms with Crippen molar-refractivity contribution in [3.8, 4) is 0 Å². The van der Waals surface area contributed by atoms with Crippen LogP contribution in [0.5, 0.6) is 0 Å². The zero-order valence-electron chi connectivity index (χ0n) is 45.5. The van der Waals surface area contributed by atoms with E-state index in [1.165, 1.54) is 154 Å². The molecule has 0 heterocycles. The van der Waals surface area contributed by atoms with E-state index in [9.17, 15) is 0 Å². The molecule has 8 aliphatic carbocycles. The van der Waals surface area contributed by atoms with Crippen molar-refractivity contribution in [3.63, 3.8) is 0 Å². The molecule has 0 amide bonds. The van der Waals surface area contributed by atoms with Crippen LogP contribution in [-0.4, -0.2) is 0 Å². The highest BCUT2D eigenvalue weighted by Gasteiger charge is 2.46. The van der Waals surface area contributed by atoms with Crippen molar-refractivity contribution in [1.82, 2.24) is 0 Å². The van der Waals surface area contributed by atoms with Gasteiger partial charge in [-0.25, -0.2) is 0 Å². The SMILES string of the molecule is CC(C)(C)C1CCC1.CC1CC(C(C)C)C1.CC1CCC(C)(C)CC1.CC1CCCC(C)C1C.CCC(C)C1CCC1.C[C@@H]1CCCCC1(C)C.C[C@H]1CC2CCC1(C)C2. The molecule has 2 bridgehead atoms. The maximum Gasteiger partial charge on any atom is -0.0297 e. The smallest absolute Gasteiger partial charge is 0.0297 e. The third-order valence-corrected chi connectivity index (χ3v) is 19.8. The Morgan fingerprint density at radius 2 is 1.05 bits per heavy atom. The Bertz CT molecular complexity index is 1060. The van der Waals surface area contributed by atoms with Crippen LogP contribution in [0, 0.1) is 98.6 Å². The Hall–Kier alpha value is 0. The van der Waals surface area contributed by atoms with E-state index in [1.54, 1.807) is 0 Å². The van der Waals surface area contributed by atoms with Gasteiger partial charge in [0.15, 0.2) is 0 Å². The molecule has 8 rings (SSSR count). The summed E-state index contributed by atoms with van der Waals surface area (Å²) in [7, 11) is 0. The monoisotopic (exact) mass is 839 g/mol. The van der Waals surface area contributed by atoms with Crippen LogP contribution >= 0.6 is 0 Å². The summed E-state index contributed by atoms with van der Waals surface area (Å²) < 4.78 is 0. The molecule has 0 spiro atoms. The van der Waals surface area contributed by atoms with E-state index >= 15 is 0 Å². The number of fused-ring (bicyclic) bond motifs is 2. The van der Waals surface area contributed by atoms with Crippen molar-refractivity contribution in [2.45, 2.75) is 286 Å². The molecule has 358 valence electrons. The van der Waals surface area contributed by atoms with Crippen LogP contribution < -0.4 is 0 Å². The average molecular weight is 840 g/mol. The Labute approximate surface area is 382 Å². The van der Waals surface area contributed by atoms with Gasteiger partial charge in [-0.1, -0.05) is 215 Å². The molecule has 0 radical (unpaired) electrons. The van der Waals surface area contributed by atoms with E-state index in [0.717, 1.165) is 82.3 Å². The van der Waals surface area contributed by atoms with Gasteiger partial charge in [-0.2, -0.15) is 0 Å². The van der Waals surface area contributed by atoms with Gasteiger partial charge in [0.25, 0.3) is 0 Å². The molecule has 0 aliphatic heterocycles. The zero-order valence-corrected chi connectivity index (χ0v) is 45.5. The average Bonchev–Trinajstić information content (AvgIpc) is 3.62. The first-order valence-electron chi connectivity index (χ1n) is 27.8. The van der Waals surface area contributed by atoms with Gasteiger partial charge in [-0.05, 0) is 169 Å². The molecule has 0 saturated heterocycles. The predicted molar refractivity (Wildman–Crippen MR) is 274 cm³/mol. The van der Waals surface area contributed by atoms with E-state index in [4.69, 9.17) is 0 Å². The maximum atomic E-state index is 2.48. The molecule has 8 aliphatic rings. The molecule has 0 aromatic carbocycles. The van der Waals surface area contributed by atoms with Crippen LogP contribution in [-0.2, 0) is 0 Å². The molecule has 0 heteroatoms. The summed E-state index contributed by atoms with van der Waals surface area (Å²) in [4.78, 5) is 0. The topological polar surface area (TPSA) is 0 Å².